The second-order valence-corrected chi connectivity index (χ2v) is 8.38. The summed E-state index contributed by atoms with van der Waals surface area (Å²) in [5, 5.41) is 9.22. The summed E-state index contributed by atoms with van der Waals surface area (Å²) in [5.74, 6) is 0.129. The molecule has 0 aliphatic carbocycles. The van der Waals surface area contributed by atoms with Crippen molar-refractivity contribution in [1.82, 2.24) is 0 Å². The van der Waals surface area contributed by atoms with Crippen LogP contribution in [0.15, 0.2) is 18.2 Å². The van der Waals surface area contributed by atoms with Crippen molar-refractivity contribution in [3.05, 3.63) is 18.2 Å². The van der Waals surface area contributed by atoms with E-state index in [9.17, 15) is 5.11 Å². The third-order valence-electron chi connectivity index (χ3n) is 1.18. The molecular formula is C6H7AsCl3NO. The van der Waals surface area contributed by atoms with Crippen molar-refractivity contribution in [2.45, 2.75) is 0 Å². The molecule has 2 nitrogen and oxygen atoms in total. The van der Waals surface area contributed by atoms with Gasteiger partial charge in [0, 0.05) is 0 Å². The molecule has 0 aromatic heterocycles. The van der Waals surface area contributed by atoms with Crippen LogP contribution in [0.25, 0.3) is 0 Å². The fourth-order valence-corrected chi connectivity index (χ4v) is 3.12. The average Bonchev–Trinajstić information content (AvgIpc) is 1.94. The number of nitrogens with two attached hydrogens (primary N) is 1. The topological polar surface area (TPSA) is 46.2 Å². The second kappa shape index (κ2) is 5.08. The predicted octanol–water partition coefficient (Wildman–Crippen LogP) is 1.57. The first-order valence-corrected chi connectivity index (χ1v) is 8.68. The van der Waals surface area contributed by atoms with Crippen molar-refractivity contribution in [3.8, 4) is 5.75 Å². The first kappa shape index (κ1) is 12.2. The van der Waals surface area contributed by atoms with E-state index < -0.39 is 12.8 Å². The number of anilines is 1. The Kier molecular flexibility index (Phi) is 5.19. The Morgan fingerprint density at radius 3 is 2.33 bits per heavy atom. The number of hydrogen-bond donors (Lipinski definition) is 2. The molecule has 0 amide bonds. The van der Waals surface area contributed by atoms with Gasteiger partial charge in [0.2, 0.25) is 0 Å². The molecule has 3 N–H and O–H groups in total. The Morgan fingerprint density at radius 1 is 1.33 bits per heavy atom. The Bertz CT molecular complexity index is 269. The van der Waals surface area contributed by atoms with E-state index >= 15 is 0 Å². The summed E-state index contributed by atoms with van der Waals surface area (Å²) in [6.07, 6.45) is 0. The van der Waals surface area contributed by atoms with Gasteiger partial charge in [-0.3, -0.25) is 0 Å². The van der Waals surface area contributed by atoms with Crippen LogP contribution in [0.1, 0.15) is 0 Å². The van der Waals surface area contributed by atoms with Crippen molar-refractivity contribution < 1.29 is 5.11 Å². The Morgan fingerprint density at radius 2 is 1.92 bits per heavy atom. The summed E-state index contributed by atoms with van der Waals surface area (Å²) in [6, 6.07) is 4.71. The number of phenolic OH excluding ortho intramolecular Hbond substituents is 1. The van der Waals surface area contributed by atoms with Gasteiger partial charge in [-0.25, -0.2) is 0 Å². The number of phenols is 1. The van der Waals surface area contributed by atoms with Crippen molar-refractivity contribution in [2.24, 2.45) is 0 Å². The van der Waals surface area contributed by atoms with Gasteiger partial charge in [0.1, 0.15) is 0 Å². The summed E-state index contributed by atoms with van der Waals surface area (Å²) < 4.78 is 0.584. The van der Waals surface area contributed by atoms with Crippen LogP contribution >= 0.6 is 32.3 Å². The van der Waals surface area contributed by atoms with Crippen LogP contribution in [-0.2, 0) is 0 Å². The molecule has 0 radical (unpaired) electrons. The van der Waals surface area contributed by atoms with Gasteiger partial charge in [0.15, 0.2) is 0 Å². The number of rotatable bonds is 1. The number of benzene rings is 1. The summed E-state index contributed by atoms with van der Waals surface area (Å²) in [4.78, 5) is 0. The third-order valence-corrected chi connectivity index (χ3v) is 4.59. The van der Waals surface area contributed by atoms with Crippen molar-refractivity contribution in [3.63, 3.8) is 0 Å². The van der Waals surface area contributed by atoms with E-state index in [1.807, 2.05) is 0 Å². The van der Waals surface area contributed by atoms with Gasteiger partial charge in [-0.2, -0.15) is 0 Å². The van der Waals surface area contributed by atoms with Crippen LogP contribution < -0.4 is 10.1 Å². The molecule has 0 aliphatic heterocycles. The quantitative estimate of drug-likeness (QED) is 0.468. The summed E-state index contributed by atoms with van der Waals surface area (Å²) in [7, 11) is 11.4. The third kappa shape index (κ3) is 2.95. The molecular weight excluding hydrogens is 283 g/mol. The molecule has 1 aromatic carbocycles. The second-order valence-electron chi connectivity index (χ2n) is 1.98. The SMILES string of the molecule is Cl.Nc1ccc(O)c([As](Cl)Cl)c1. The maximum atomic E-state index is 9.22. The molecule has 0 bridgehead atoms. The van der Waals surface area contributed by atoms with E-state index in [-0.39, 0.29) is 18.2 Å². The van der Waals surface area contributed by atoms with Gasteiger partial charge >= 0.3 is 77.5 Å². The monoisotopic (exact) mass is 289 g/mol. The van der Waals surface area contributed by atoms with Crippen LogP contribution in [0.3, 0.4) is 0 Å². The Hall–Kier alpha value is 0.248. The Balaban J connectivity index is 0.00000121. The molecule has 0 aliphatic rings. The van der Waals surface area contributed by atoms with E-state index in [4.69, 9.17) is 25.6 Å². The molecule has 68 valence electrons. The molecule has 0 unspecified atom stereocenters. The molecule has 12 heavy (non-hydrogen) atoms. The van der Waals surface area contributed by atoms with E-state index in [0.29, 0.717) is 10.0 Å². The predicted molar refractivity (Wildman–Crippen MR) is 56.9 cm³/mol. The molecule has 0 heterocycles. The van der Waals surface area contributed by atoms with Gasteiger partial charge in [-0.1, -0.05) is 0 Å². The first-order valence-electron chi connectivity index (χ1n) is 2.81. The molecule has 0 saturated heterocycles. The molecule has 0 fully saturated rings. The maximum absolute atomic E-state index is 9.22. The standard InChI is InChI=1S/C6H6AsCl2NO.ClH/c8-7(9)5-3-4(10)1-2-6(5)11;/h1-3,11H,10H2;1H. The van der Waals surface area contributed by atoms with Crippen LogP contribution in [-0.4, -0.2) is 17.9 Å². The zero-order valence-corrected chi connectivity index (χ0v) is 10.1. The Labute approximate surface area is 89.6 Å². The van der Waals surface area contributed by atoms with E-state index in [0.717, 1.165) is 0 Å². The molecule has 1 aromatic rings. The van der Waals surface area contributed by atoms with Gasteiger partial charge in [-0.05, 0) is 0 Å². The molecule has 0 spiro atoms. The zero-order valence-electron chi connectivity index (χ0n) is 5.87. The number of hydrogen-bond acceptors (Lipinski definition) is 2. The number of halogens is 3. The van der Waals surface area contributed by atoms with E-state index in [2.05, 4.69) is 0 Å². The van der Waals surface area contributed by atoms with Gasteiger partial charge in [0.25, 0.3) is 0 Å². The normalized spacial score (nSPS) is 9.58. The zero-order chi connectivity index (χ0) is 8.43. The van der Waals surface area contributed by atoms with Gasteiger partial charge < -0.3 is 0 Å². The van der Waals surface area contributed by atoms with Crippen molar-refractivity contribution in [2.75, 3.05) is 5.73 Å². The fraction of sp³-hybridized carbons (Fsp3) is 0. The minimum absolute atomic E-state index is 0. The minimum atomic E-state index is -2.04. The number of aromatic hydroxyl groups is 1. The van der Waals surface area contributed by atoms with E-state index in [1.165, 1.54) is 6.07 Å². The number of nitrogen functional groups attached to an aromatic ring is 1. The first-order chi connectivity index (χ1) is 5.11. The molecule has 0 atom stereocenters. The fourth-order valence-electron chi connectivity index (χ4n) is 0.676. The van der Waals surface area contributed by atoms with Crippen molar-refractivity contribution >= 4 is 55.1 Å². The summed E-state index contributed by atoms with van der Waals surface area (Å²) in [5.41, 5.74) is 6.03. The summed E-state index contributed by atoms with van der Waals surface area (Å²) in [6.45, 7) is 0. The molecule has 1 rings (SSSR count). The molecule has 6 heteroatoms. The van der Waals surface area contributed by atoms with Gasteiger partial charge in [0.05, 0.1) is 0 Å². The van der Waals surface area contributed by atoms with Crippen LogP contribution in [0, 0.1) is 0 Å². The van der Waals surface area contributed by atoms with Crippen LogP contribution in [0.5, 0.6) is 5.75 Å². The van der Waals surface area contributed by atoms with Crippen LogP contribution in [0.4, 0.5) is 5.69 Å². The van der Waals surface area contributed by atoms with E-state index in [1.54, 1.807) is 12.1 Å². The summed E-state index contributed by atoms with van der Waals surface area (Å²) >= 11 is -2.04. The van der Waals surface area contributed by atoms with Gasteiger partial charge in [-0.15, -0.1) is 12.4 Å². The average molecular weight is 290 g/mol. The van der Waals surface area contributed by atoms with Crippen LogP contribution in [0.2, 0.25) is 0 Å². The molecule has 0 saturated carbocycles. The van der Waals surface area contributed by atoms with Crippen molar-refractivity contribution in [1.29, 1.82) is 0 Å².